The van der Waals surface area contributed by atoms with Crippen molar-refractivity contribution < 1.29 is 8.42 Å². The summed E-state index contributed by atoms with van der Waals surface area (Å²) in [7, 11) is -1.12. The average molecular weight is 319 g/mol. The smallest absolute Gasteiger partial charge is 0.175 e. The minimum absolute atomic E-state index is 0.373. The van der Waals surface area contributed by atoms with Gasteiger partial charge in [-0.15, -0.1) is 0 Å². The molecule has 1 saturated carbocycles. The molecular weight excluding hydrogens is 298 g/mol. The molecule has 0 radical (unpaired) electrons. The van der Waals surface area contributed by atoms with Gasteiger partial charge in [0.2, 0.25) is 0 Å². The molecule has 1 aliphatic rings. The van der Waals surface area contributed by atoms with Gasteiger partial charge in [0.1, 0.15) is 5.82 Å². The Morgan fingerprint density at radius 3 is 2.41 bits per heavy atom. The van der Waals surface area contributed by atoms with Crippen molar-refractivity contribution in [3.8, 4) is 0 Å². The first-order valence-corrected chi connectivity index (χ1v) is 9.32. The molecule has 5 nitrogen and oxygen atoms in total. The molecule has 3 rings (SSSR count). The second kappa shape index (κ2) is 5.85. The van der Waals surface area contributed by atoms with Crippen LogP contribution in [0.15, 0.2) is 41.6 Å². The number of aromatic nitrogens is 2. The highest BCUT2D eigenvalue weighted by Gasteiger charge is 2.29. The molecule has 0 unspecified atom stereocenters. The summed E-state index contributed by atoms with van der Waals surface area (Å²) in [5, 5.41) is 0. The summed E-state index contributed by atoms with van der Waals surface area (Å²) in [5.41, 5.74) is 1.13. The summed E-state index contributed by atoms with van der Waals surface area (Å²) >= 11 is 0. The maximum absolute atomic E-state index is 11.5. The van der Waals surface area contributed by atoms with E-state index in [1.54, 1.807) is 12.1 Å². The number of sulfone groups is 1. The molecule has 0 N–H and O–H groups in total. The van der Waals surface area contributed by atoms with Crippen molar-refractivity contribution in [1.82, 2.24) is 14.5 Å². The Hall–Kier alpha value is -1.66. The van der Waals surface area contributed by atoms with Crippen molar-refractivity contribution in [1.29, 1.82) is 0 Å². The zero-order chi connectivity index (χ0) is 15.7. The van der Waals surface area contributed by atoms with Gasteiger partial charge in [-0.3, -0.25) is 4.90 Å². The summed E-state index contributed by atoms with van der Waals surface area (Å²) in [5.74, 6) is 1.06. The first-order valence-electron chi connectivity index (χ1n) is 7.43. The Labute approximate surface area is 131 Å². The minimum atomic E-state index is -3.13. The minimum Gasteiger partial charge on any atom is -0.337 e. The molecule has 0 amide bonds. The van der Waals surface area contributed by atoms with Crippen LogP contribution in [0.5, 0.6) is 0 Å². The third-order valence-electron chi connectivity index (χ3n) is 4.07. The maximum Gasteiger partial charge on any atom is 0.175 e. The highest BCUT2D eigenvalue weighted by Crippen LogP contribution is 2.29. The van der Waals surface area contributed by atoms with Gasteiger partial charge in [-0.1, -0.05) is 12.1 Å². The number of hydrogen-bond donors (Lipinski definition) is 0. The Bertz CT molecular complexity index is 746. The topological polar surface area (TPSA) is 55.2 Å². The van der Waals surface area contributed by atoms with Crippen LogP contribution in [-0.2, 0) is 30.0 Å². The lowest BCUT2D eigenvalue weighted by atomic mass is 10.2. The van der Waals surface area contributed by atoms with Crippen LogP contribution >= 0.6 is 0 Å². The molecule has 1 fully saturated rings. The zero-order valence-corrected chi connectivity index (χ0v) is 13.8. The van der Waals surface area contributed by atoms with E-state index < -0.39 is 9.84 Å². The molecule has 1 aromatic heterocycles. The van der Waals surface area contributed by atoms with Gasteiger partial charge in [-0.25, -0.2) is 13.4 Å². The van der Waals surface area contributed by atoms with Crippen LogP contribution < -0.4 is 0 Å². The fourth-order valence-corrected chi connectivity index (χ4v) is 3.19. The lowest BCUT2D eigenvalue weighted by molar-refractivity contribution is 0.237. The van der Waals surface area contributed by atoms with Gasteiger partial charge in [0, 0.05) is 38.3 Å². The zero-order valence-electron chi connectivity index (χ0n) is 12.9. The lowest BCUT2D eigenvalue weighted by Gasteiger charge is -2.21. The quantitative estimate of drug-likeness (QED) is 0.817. The Kier molecular flexibility index (Phi) is 4.06. The van der Waals surface area contributed by atoms with Crippen molar-refractivity contribution in [3.05, 3.63) is 48.0 Å². The van der Waals surface area contributed by atoms with Gasteiger partial charge >= 0.3 is 0 Å². The van der Waals surface area contributed by atoms with Crippen LogP contribution in [0.4, 0.5) is 0 Å². The van der Waals surface area contributed by atoms with Gasteiger partial charge in [0.05, 0.1) is 11.4 Å². The summed E-state index contributed by atoms with van der Waals surface area (Å²) in [4.78, 5) is 7.18. The average Bonchev–Trinajstić information content (AvgIpc) is 3.23. The predicted octanol–water partition coefficient (Wildman–Crippen LogP) is 1.99. The van der Waals surface area contributed by atoms with Gasteiger partial charge < -0.3 is 4.57 Å². The van der Waals surface area contributed by atoms with E-state index in [0.717, 1.165) is 24.5 Å². The highest BCUT2D eigenvalue weighted by atomic mass is 32.2. The summed E-state index contributed by atoms with van der Waals surface area (Å²) in [6, 6.07) is 7.81. The molecule has 6 heteroatoms. The molecule has 1 heterocycles. The number of benzene rings is 1. The van der Waals surface area contributed by atoms with E-state index in [1.807, 2.05) is 36.1 Å². The maximum atomic E-state index is 11.5. The number of rotatable bonds is 6. The van der Waals surface area contributed by atoms with Gasteiger partial charge in [0.25, 0.3) is 0 Å². The first kappa shape index (κ1) is 15.2. The van der Waals surface area contributed by atoms with Crippen molar-refractivity contribution in [3.63, 3.8) is 0 Å². The fraction of sp³-hybridized carbons (Fsp3) is 0.438. The molecule has 1 aromatic carbocycles. The largest absolute Gasteiger partial charge is 0.337 e. The molecule has 0 aliphatic heterocycles. The molecule has 118 valence electrons. The van der Waals surface area contributed by atoms with E-state index in [2.05, 4.69) is 9.88 Å². The first-order chi connectivity index (χ1) is 10.4. The SMILES string of the molecule is Cn1ccnc1CN(Cc1ccc(S(C)(=O)=O)cc1)C1CC1. The Morgan fingerprint density at radius 1 is 1.23 bits per heavy atom. The molecule has 0 bridgehead atoms. The molecule has 0 spiro atoms. The van der Waals surface area contributed by atoms with E-state index in [0.29, 0.717) is 10.9 Å². The third kappa shape index (κ3) is 3.56. The molecule has 0 atom stereocenters. The van der Waals surface area contributed by atoms with Crippen LogP contribution in [0.2, 0.25) is 0 Å². The van der Waals surface area contributed by atoms with Crippen molar-refractivity contribution in [2.75, 3.05) is 6.26 Å². The van der Waals surface area contributed by atoms with E-state index in [1.165, 1.54) is 19.1 Å². The van der Waals surface area contributed by atoms with Gasteiger partial charge in [-0.05, 0) is 30.5 Å². The molecule has 0 saturated heterocycles. The summed E-state index contributed by atoms with van der Waals surface area (Å²) in [6.45, 7) is 1.64. The number of hydrogen-bond acceptors (Lipinski definition) is 4. The van der Waals surface area contributed by atoms with Crippen molar-refractivity contribution in [2.45, 2.75) is 36.9 Å². The molecule has 1 aliphatic carbocycles. The van der Waals surface area contributed by atoms with Crippen LogP contribution in [0.3, 0.4) is 0 Å². The van der Waals surface area contributed by atoms with Crippen LogP contribution in [0.25, 0.3) is 0 Å². The second-order valence-corrected chi connectivity index (χ2v) is 8.02. The van der Waals surface area contributed by atoms with Crippen molar-refractivity contribution in [2.24, 2.45) is 7.05 Å². The standard InChI is InChI=1S/C16H21N3O2S/c1-18-10-9-17-16(18)12-19(14-5-6-14)11-13-3-7-15(8-4-13)22(2,20)21/h3-4,7-10,14H,5-6,11-12H2,1-2H3. The van der Waals surface area contributed by atoms with Crippen molar-refractivity contribution >= 4 is 9.84 Å². The number of aryl methyl sites for hydroxylation is 1. The Morgan fingerprint density at radius 2 is 1.91 bits per heavy atom. The van der Waals surface area contributed by atoms with Crippen LogP contribution in [-0.4, -0.2) is 35.2 Å². The van der Waals surface area contributed by atoms with E-state index in [-0.39, 0.29) is 0 Å². The molecule has 2 aromatic rings. The monoisotopic (exact) mass is 319 g/mol. The molecular formula is C16H21N3O2S. The number of nitrogens with zero attached hydrogens (tertiary/aromatic N) is 3. The normalized spacial score (nSPS) is 15.4. The van der Waals surface area contributed by atoms with Crippen LogP contribution in [0, 0.1) is 0 Å². The fourth-order valence-electron chi connectivity index (χ4n) is 2.56. The molecule has 22 heavy (non-hydrogen) atoms. The summed E-state index contributed by atoms with van der Waals surface area (Å²) < 4.78 is 25.1. The van der Waals surface area contributed by atoms with E-state index in [9.17, 15) is 8.42 Å². The van der Waals surface area contributed by atoms with Crippen LogP contribution in [0.1, 0.15) is 24.2 Å². The Balaban J connectivity index is 1.73. The summed E-state index contributed by atoms with van der Waals surface area (Å²) in [6.07, 6.45) is 7.47. The third-order valence-corrected chi connectivity index (χ3v) is 5.19. The van der Waals surface area contributed by atoms with Gasteiger partial charge in [-0.2, -0.15) is 0 Å². The predicted molar refractivity (Wildman–Crippen MR) is 85.0 cm³/mol. The highest BCUT2D eigenvalue weighted by molar-refractivity contribution is 7.90. The second-order valence-electron chi connectivity index (χ2n) is 6.01. The van der Waals surface area contributed by atoms with E-state index in [4.69, 9.17) is 0 Å². The number of imidazole rings is 1. The lowest BCUT2D eigenvalue weighted by Crippen LogP contribution is -2.26. The van der Waals surface area contributed by atoms with E-state index >= 15 is 0 Å². The van der Waals surface area contributed by atoms with Gasteiger partial charge in [0.15, 0.2) is 9.84 Å².